The average molecular weight is 294 g/mol. The molecular weight excluding hydrogens is 278 g/mol. The van der Waals surface area contributed by atoms with Crippen molar-refractivity contribution in [3.05, 3.63) is 61.8 Å². The number of halogens is 1. The Hall–Kier alpha value is -2.01. The van der Waals surface area contributed by atoms with Crippen LogP contribution in [-0.4, -0.2) is 9.55 Å². The Morgan fingerprint density at radius 3 is 2.70 bits per heavy atom. The standard InChI is InChI=1S/C14H16ClN3O2/c1-3-18-13(19)8-12(17-14(18)20)16-9(2)10-5-4-6-11(15)7-10/h4-9,16H,3H2,1-2H3,(H,17,20)/t9-/m0/s1. The van der Waals surface area contributed by atoms with Gasteiger partial charge in [0.15, 0.2) is 0 Å². The van der Waals surface area contributed by atoms with Gasteiger partial charge in [-0.1, -0.05) is 23.7 Å². The number of benzene rings is 1. The van der Waals surface area contributed by atoms with Gasteiger partial charge in [0.2, 0.25) is 0 Å². The first-order valence-electron chi connectivity index (χ1n) is 6.37. The minimum atomic E-state index is -0.416. The molecule has 0 spiro atoms. The third-order valence-corrected chi connectivity index (χ3v) is 3.29. The molecule has 0 saturated heterocycles. The highest BCUT2D eigenvalue weighted by atomic mass is 35.5. The molecular formula is C14H16ClN3O2. The summed E-state index contributed by atoms with van der Waals surface area (Å²) >= 11 is 5.94. The Morgan fingerprint density at radius 2 is 2.10 bits per heavy atom. The Kier molecular flexibility index (Phi) is 4.29. The van der Waals surface area contributed by atoms with Gasteiger partial charge in [-0.2, -0.15) is 0 Å². The Labute approximate surface area is 121 Å². The van der Waals surface area contributed by atoms with E-state index in [4.69, 9.17) is 11.6 Å². The lowest BCUT2D eigenvalue weighted by atomic mass is 10.1. The largest absolute Gasteiger partial charge is 0.365 e. The van der Waals surface area contributed by atoms with E-state index in [2.05, 4.69) is 10.3 Å². The van der Waals surface area contributed by atoms with Gasteiger partial charge < -0.3 is 5.32 Å². The van der Waals surface area contributed by atoms with Crippen LogP contribution in [0.5, 0.6) is 0 Å². The van der Waals surface area contributed by atoms with Crippen LogP contribution < -0.4 is 16.6 Å². The molecule has 2 rings (SSSR count). The zero-order valence-corrected chi connectivity index (χ0v) is 12.1. The van der Waals surface area contributed by atoms with Crippen LogP contribution >= 0.6 is 11.6 Å². The number of nitrogens with zero attached hydrogens (tertiary/aromatic N) is 1. The van der Waals surface area contributed by atoms with Crippen molar-refractivity contribution in [3.8, 4) is 0 Å². The first-order chi connectivity index (χ1) is 9.51. The van der Waals surface area contributed by atoms with Gasteiger partial charge in [0, 0.05) is 23.7 Å². The van der Waals surface area contributed by atoms with Crippen molar-refractivity contribution in [2.75, 3.05) is 5.32 Å². The SMILES string of the molecule is CCn1c(=O)cc(N[C@@H](C)c2cccc(Cl)c2)[nH]c1=O. The molecule has 0 unspecified atom stereocenters. The number of aromatic nitrogens is 2. The highest BCUT2D eigenvalue weighted by Crippen LogP contribution is 2.19. The summed E-state index contributed by atoms with van der Waals surface area (Å²) in [5.41, 5.74) is 0.232. The molecule has 20 heavy (non-hydrogen) atoms. The van der Waals surface area contributed by atoms with Gasteiger partial charge in [-0.05, 0) is 31.5 Å². The summed E-state index contributed by atoms with van der Waals surface area (Å²) in [4.78, 5) is 26.1. The van der Waals surface area contributed by atoms with Gasteiger partial charge in [-0.3, -0.25) is 14.3 Å². The lowest BCUT2D eigenvalue weighted by Gasteiger charge is -2.15. The smallest absolute Gasteiger partial charge is 0.329 e. The fourth-order valence-electron chi connectivity index (χ4n) is 1.99. The number of anilines is 1. The van der Waals surface area contributed by atoms with E-state index < -0.39 is 5.69 Å². The van der Waals surface area contributed by atoms with Crippen molar-refractivity contribution in [2.24, 2.45) is 0 Å². The number of aromatic amines is 1. The molecule has 1 heterocycles. The number of hydrogen-bond donors (Lipinski definition) is 2. The fourth-order valence-corrected chi connectivity index (χ4v) is 2.19. The zero-order valence-electron chi connectivity index (χ0n) is 11.3. The monoisotopic (exact) mass is 293 g/mol. The second kappa shape index (κ2) is 5.96. The molecule has 2 N–H and O–H groups in total. The third-order valence-electron chi connectivity index (χ3n) is 3.06. The van der Waals surface area contributed by atoms with Crippen LogP contribution in [0.15, 0.2) is 39.9 Å². The topological polar surface area (TPSA) is 66.9 Å². The summed E-state index contributed by atoms with van der Waals surface area (Å²) in [5.74, 6) is 0.400. The fraction of sp³-hybridized carbons (Fsp3) is 0.286. The molecule has 6 heteroatoms. The molecule has 1 aromatic heterocycles. The molecule has 0 amide bonds. The molecule has 0 radical (unpaired) electrons. The number of nitrogens with one attached hydrogen (secondary N) is 2. The molecule has 5 nitrogen and oxygen atoms in total. The number of hydrogen-bond acceptors (Lipinski definition) is 3. The summed E-state index contributed by atoms with van der Waals surface area (Å²) in [6.45, 7) is 4.02. The number of rotatable bonds is 4. The van der Waals surface area contributed by atoms with E-state index in [0.717, 1.165) is 10.1 Å². The minimum Gasteiger partial charge on any atom is -0.365 e. The lowest BCUT2D eigenvalue weighted by Crippen LogP contribution is -2.34. The van der Waals surface area contributed by atoms with E-state index in [1.807, 2.05) is 25.1 Å². The quantitative estimate of drug-likeness (QED) is 0.909. The van der Waals surface area contributed by atoms with Crippen LogP contribution in [0.1, 0.15) is 25.5 Å². The van der Waals surface area contributed by atoms with Crippen molar-refractivity contribution in [1.29, 1.82) is 0 Å². The van der Waals surface area contributed by atoms with Crippen LogP contribution in [0, 0.1) is 0 Å². The predicted octanol–water partition coefficient (Wildman–Crippen LogP) is 2.38. The summed E-state index contributed by atoms with van der Waals surface area (Å²) in [7, 11) is 0. The summed E-state index contributed by atoms with van der Waals surface area (Å²) < 4.78 is 1.13. The van der Waals surface area contributed by atoms with Crippen LogP contribution in [0.2, 0.25) is 5.02 Å². The van der Waals surface area contributed by atoms with E-state index in [1.54, 1.807) is 13.0 Å². The van der Waals surface area contributed by atoms with Crippen molar-refractivity contribution < 1.29 is 0 Å². The Bertz CT molecular complexity index is 690. The van der Waals surface area contributed by atoms with Gasteiger partial charge in [-0.15, -0.1) is 0 Å². The summed E-state index contributed by atoms with van der Waals surface area (Å²) in [6, 6.07) is 8.71. The number of H-pyrrole nitrogens is 1. The van der Waals surface area contributed by atoms with Crippen LogP contribution in [0.25, 0.3) is 0 Å². The molecule has 0 saturated carbocycles. The summed E-state index contributed by atoms with van der Waals surface area (Å²) in [6.07, 6.45) is 0. The van der Waals surface area contributed by atoms with Crippen LogP contribution in [0.3, 0.4) is 0 Å². The Balaban J connectivity index is 2.26. The first kappa shape index (κ1) is 14.4. The maximum absolute atomic E-state index is 11.7. The van der Waals surface area contributed by atoms with E-state index in [-0.39, 0.29) is 11.6 Å². The molecule has 0 aliphatic heterocycles. The lowest BCUT2D eigenvalue weighted by molar-refractivity contribution is 0.672. The van der Waals surface area contributed by atoms with Gasteiger partial charge in [0.05, 0.1) is 0 Å². The van der Waals surface area contributed by atoms with Crippen molar-refractivity contribution in [3.63, 3.8) is 0 Å². The second-order valence-electron chi connectivity index (χ2n) is 4.49. The van der Waals surface area contributed by atoms with Crippen molar-refractivity contribution >= 4 is 17.4 Å². The van der Waals surface area contributed by atoms with Gasteiger partial charge in [0.25, 0.3) is 5.56 Å². The molecule has 106 valence electrons. The molecule has 1 atom stereocenters. The molecule has 1 aromatic carbocycles. The average Bonchev–Trinajstić information content (AvgIpc) is 2.38. The van der Waals surface area contributed by atoms with Crippen LogP contribution in [0.4, 0.5) is 5.82 Å². The maximum Gasteiger partial charge on any atom is 0.329 e. The molecule has 0 fully saturated rings. The highest BCUT2D eigenvalue weighted by Gasteiger charge is 2.08. The molecule has 2 aromatic rings. The molecule has 0 bridgehead atoms. The first-order valence-corrected chi connectivity index (χ1v) is 6.75. The Morgan fingerprint density at radius 1 is 1.35 bits per heavy atom. The normalized spacial score (nSPS) is 12.2. The third kappa shape index (κ3) is 3.11. The minimum absolute atomic E-state index is 0.0822. The van der Waals surface area contributed by atoms with Gasteiger partial charge in [0.1, 0.15) is 5.82 Å². The zero-order chi connectivity index (χ0) is 14.7. The maximum atomic E-state index is 11.7. The van der Waals surface area contributed by atoms with Crippen LogP contribution in [-0.2, 0) is 6.54 Å². The molecule has 0 aliphatic carbocycles. The second-order valence-corrected chi connectivity index (χ2v) is 4.93. The highest BCUT2D eigenvalue weighted by molar-refractivity contribution is 6.30. The van der Waals surface area contributed by atoms with Crippen molar-refractivity contribution in [2.45, 2.75) is 26.4 Å². The molecule has 0 aliphatic rings. The predicted molar refractivity (Wildman–Crippen MR) is 80.5 cm³/mol. The van der Waals surface area contributed by atoms with Gasteiger partial charge in [-0.25, -0.2) is 4.79 Å². The summed E-state index contributed by atoms with van der Waals surface area (Å²) in [5, 5.41) is 3.74. The van der Waals surface area contributed by atoms with E-state index in [9.17, 15) is 9.59 Å². The van der Waals surface area contributed by atoms with E-state index >= 15 is 0 Å². The van der Waals surface area contributed by atoms with E-state index in [1.165, 1.54) is 6.07 Å². The van der Waals surface area contributed by atoms with Gasteiger partial charge >= 0.3 is 5.69 Å². The van der Waals surface area contributed by atoms with Crippen molar-refractivity contribution in [1.82, 2.24) is 9.55 Å². The van der Waals surface area contributed by atoms with E-state index in [0.29, 0.717) is 17.4 Å².